The van der Waals surface area contributed by atoms with Crippen LogP contribution in [-0.2, 0) is 16.6 Å². The summed E-state index contributed by atoms with van der Waals surface area (Å²) in [5.74, 6) is 1.19. The predicted octanol–water partition coefficient (Wildman–Crippen LogP) is 3.85. The third-order valence-electron chi connectivity index (χ3n) is 5.87. The van der Waals surface area contributed by atoms with Crippen LogP contribution in [0.25, 0.3) is 11.3 Å². The van der Waals surface area contributed by atoms with Gasteiger partial charge in [0.1, 0.15) is 12.1 Å². The summed E-state index contributed by atoms with van der Waals surface area (Å²) in [6, 6.07) is 17.3. The number of rotatable bonds is 9. The first-order valence-electron chi connectivity index (χ1n) is 11.5. The Kier molecular flexibility index (Phi) is 7.77. The lowest BCUT2D eigenvalue weighted by Gasteiger charge is -2.32. The summed E-state index contributed by atoms with van der Waals surface area (Å²) >= 11 is 0. The fourth-order valence-electron chi connectivity index (χ4n) is 4.41. The molecule has 0 aliphatic carbocycles. The summed E-state index contributed by atoms with van der Waals surface area (Å²) < 4.78 is 25.5. The molecule has 3 N–H and O–H groups in total. The van der Waals surface area contributed by atoms with Crippen molar-refractivity contribution in [1.82, 2.24) is 14.9 Å². The zero-order valence-electron chi connectivity index (χ0n) is 19.3. The molecule has 8 nitrogen and oxygen atoms in total. The normalized spacial score (nSPS) is 16.8. The van der Waals surface area contributed by atoms with E-state index in [0.29, 0.717) is 17.4 Å². The highest BCUT2D eigenvalue weighted by Crippen LogP contribution is 2.25. The second-order valence-electron chi connectivity index (χ2n) is 8.82. The fraction of sp³-hybridized carbons (Fsp3) is 0.360. The van der Waals surface area contributed by atoms with Crippen LogP contribution in [0.1, 0.15) is 24.8 Å². The number of aromatic nitrogens is 2. The second-order valence-corrected chi connectivity index (χ2v) is 10.6. The summed E-state index contributed by atoms with van der Waals surface area (Å²) in [5, 5.41) is 12.5. The molecule has 0 radical (unpaired) electrons. The van der Waals surface area contributed by atoms with Crippen LogP contribution in [0.5, 0.6) is 0 Å². The third kappa shape index (κ3) is 6.99. The van der Waals surface area contributed by atoms with Crippen LogP contribution >= 0.6 is 0 Å². The SMILES string of the molecule is CS(=O)(=O)Nc1cccc(Nc2cc(-c3cccc(CN4CCCC(CCO)C4)c3)ncn2)c1. The van der Waals surface area contributed by atoms with Crippen LogP contribution in [0.4, 0.5) is 17.2 Å². The van der Waals surface area contributed by atoms with E-state index in [1.807, 2.05) is 18.2 Å². The average molecular weight is 482 g/mol. The van der Waals surface area contributed by atoms with Crippen LogP contribution < -0.4 is 10.0 Å². The molecule has 3 aromatic rings. The number of nitrogens with zero attached hydrogens (tertiary/aromatic N) is 3. The first-order valence-corrected chi connectivity index (χ1v) is 13.4. The van der Waals surface area contributed by atoms with Crippen LogP contribution in [0.3, 0.4) is 0 Å². The summed E-state index contributed by atoms with van der Waals surface area (Å²) in [6.45, 7) is 3.25. The van der Waals surface area contributed by atoms with E-state index < -0.39 is 10.0 Å². The number of piperidine rings is 1. The standard InChI is InChI=1S/C25H31N5O3S/c1-34(32,33)29-23-9-3-8-22(14-23)28-25-15-24(26-18-27-25)21-7-2-5-20(13-21)17-30-11-4-6-19(16-30)10-12-31/h2-3,5,7-9,13-15,18-19,29,31H,4,6,10-12,16-17H2,1H3,(H,26,27,28). The zero-order chi connectivity index (χ0) is 24.0. The number of likely N-dealkylation sites (tertiary alicyclic amines) is 1. The highest BCUT2D eigenvalue weighted by molar-refractivity contribution is 7.92. The predicted molar refractivity (Wildman–Crippen MR) is 135 cm³/mol. The zero-order valence-corrected chi connectivity index (χ0v) is 20.1. The van der Waals surface area contributed by atoms with Gasteiger partial charge in [0.05, 0.1) is 17.6 Å². The van der Waals surface area contributed by atoms with Gasteiger partial charge in [0.15, 0.2) is 0 Å². The van der Waals surface area contributed by atoms with Gasteiger partial charge in [0.2, 0.25) is 10.0 Å². The first-order chi connectivity index (χ1) is 16.4. The molecule has 0 amide bonds. The van der Waals surface area contributed by atoms with Crippen molar-refractivity contribution in [1.29, 1.82) is 0 Å². The molecule has 1 saturated heterocycles. The summed E-state index contributed by atoms with van der Waals surface area (Å²) in [7, 11) is -3.35. The van der Waals surface area contributed by atoms with Crippen LogP contribution in [0.15, 0.2) is 60.9 Å². The number of hydrogen-bond acceptors (Lipinski definition) is 7. The lowest BCUT2D eigenvalue weighted by atomic mass is 9.94. The molecule has 1 atom stereocenters. The Morgan fingerprint density at radius 2 is 1.91 bits per heavy atom. The summed E-state index contributed by atoms with van der Waals surface area (Å²) in [4.78, 5) is 11.2. The Morgan fingerprint density at radius 3 is 2.74 bits per heavy atom. The van der Waals surface area contributed by atoms with Crippen molar-refractivity contribution in [2.24, 2.45) is 5.92 Å². The lowest BCUT2D eigenvalue weighted by Crippen LogP contribution is -2.35. The molecule has 0 spiro atoms. The molecule has 2 aromatic carbocycles. The number of sulfonamides is 1. The van der Waals surface area contributed by atoms with Crippen molar-refractivity contribution in [2.45, 2.75) is 25.8 Å². The Balaban J connectivity index is 1.46. The van der Waals surface area contributed by atoms with E-state index in [1.54, 1.807) is 18.2 Å². The van der Waals surface area contributed by atoms with E-state index in [9.17, 15) is 13.5 Å². The van der Waals surface area contributed by atoms with E-state index in [4.69, 9.17) is 0 Å². The number of nitrogens with one attached hydrogen (secondary N) is 2. The highest BCUT2D eigenvalue weighted by Gasteiger charge is 2.19. The minimum absolute atomic E-state index is 0.260. The van der Waals surface area contributed by atoms with Crippen molar-refractivity contribution < 1.29 is 13.5 Å². The molecule has 4 rings (SSSR count). The van der Waals surface area contributed by atoms with E-state index in [1.165, 1.54) is 24.7 Å². The van der Waals surface area contributed by atoms with Crippen LogP contribution in [0, 0.1) is 5.92 Å². The van der Waals surface area contributed by atoms with Gasteiger partial charge in [0, 0.05) is 37.0 Å². The van der Waals surface area contributed by atoms with Gasteiger partial charge in [-0.25, -0.2) is 18.4 Å². The monoisotopic (exact) mass is 481 g/mol. The maximum absolute atomic E-state index is 11.5. The van der Waals surface area contributed by atoms with Crippen molar-refractivity contribution in [3.63, 3.8) is 0 Å². The number of aliphatic hydroxyl groups excluding tert-OH is 1. The van der Waals surface area contributed by atoms with Crippen LogP contribution in [-0.4, -0.2) is 54.3 Å². The Labute approximate surface area is 201 Å². The first kappa shape index (κ1) is 24.1. The quantitative estimate of drug-likeness (QED) is 0.426. The van der Waals surface area contributed by atoms with Gasteiger partial charge >= 0.3 is 0 Å². The Bertz CT molecular complexity index is 1220. The molecule has 1 aliphatic heterocycles. The van der Waals surface area contributed by atoms with E-state index in [-0.39, 0.29) is 6.61 Å². The molecule has 9 heteroatoms. The third-order valence-corrected chi connectivity index (χ3v) is 6.48. The lowest BCUT2D eigenvalue weighted by molar-refractivity contribution is 0.142. The number of benzene rings is 2. The highest BCUT2D eigenvalue weighted by atomic mass is 32.2. The summed E-state index contributed by atoms with van der Waals surface area (Å²) in [5.41, 5.74) is 4.25. The molecular formula is C25H31N5O3S. The topological polar surface area (TPSA) is 107 Å². The molecule has 1 fully saturated rings. The minimum atomic E-state index is -3.35. The van der Waals surface area contributed by atoms with Crippen molar-refractivity contribution >= 4 is 27.2 Å². The smallest absolute Gasteiger partial charge is 0.229 e. The van der Waals surface area contributed by atoms with Gasteiger partial charge in [-0.3, -0.25) is 9.62 Å². The van der Waals surface area contributed by atoms with Gasteiger partial charge in [-0.2, -0.15) is 0 Å². The molecule has 180 valence electrons. The molecule has 1 aliphatic rings. The van der Waals surface area contributed by atoms with Gasteiger partial charge in [-0.15, -0.1) is 0 Å². The largest absolute Gasteiger partial charge is 0.396 e. The Morgan fingerprint density at radius 1 is 1.09 bits per heavy atom. The molecule has 1 unspecified atom stereocenters. The number of hydrogen-bond donors (Lipinski definition) is 3. The average Bonchev–Trinajstić information content (AvgIpc) is 2.79. The summed E-state index contributed by atoms with van der Waals surface area (Å²) in [6.07, 6.45) is 5.89. The van der Waals surface area contributed by atoms with E-state index in [2.05, 4.69) is 43.1 Å². The second kappa shape index (κ2) is 10.9. The number of aliphatic hydroxyl groups is 1. The Hall–Kier alpha value is -3.01. The molecule has 1 aromatic heterocycles. The van der Waals surface area contributed by atoms with Crippen LogP contribution in [0.2, 0.25) is 0 Å². The molecule has 34 heavy (non-hydrogen) atoms. The molecular weight excluding hydrogens is 450 g/mol. The molecule has 0 bridgehead atoms. The maximum Gasteiger partial charge on any atom is 0.229 e. The van der Waals surface area contributed by atoms with Crippen molar-refractivity contribution in [3.8, 4) is 11.3 Å². The van der Waals surface area contributed by atoms with Gasteiger partial charge in [-0.05, 0) is 61.6 Å². The van der Waals surface area contributed by atoms with Crippen molar-refractivity contribution in [3.05, 3.63) is 66.5 Å². The van der Waals surface area contributed by atoms with Gasteiger partial charge < -0.3 is 10.4 Å². The maximum atomic E-state index is 11.5. The minimum Gasteiger partial charge on any atom is -0.396 e. The van der Waals surface area contributed by atoms with E-state index >= 15 is 0 Å². The van der Waals surface area contributed by atoms with Crippen molar-refractivity contribution in [2.75, 3.05) is 36.0 Å². The number of anilines is 3. The molecule has 0 saturated carbocycles. The van der Waals surface area contributed by atoms with Gasteiger partial charge in [0.25, 0.3) is 0 Å². The van der Waals surface area contributed by atoms with Gasteiger partial charge in [-0.1, -0.05) is 24.3 Å². The molecule has 2 heterocycles. The van der Waals surface area contributed by atoms with E-state index in [0.717, 1.165) is 49.3 Å². The fourth-order valence-corrected chi connectivity index (χ4v) is 4.96.